The van der Waals surface area contributed by atoms with Crippen molar-refractivity contribution in [2.45, 2.75) is 12.8 Å². The van der Waals surface area contributed by atoms with E-state index in [2.05, 4.69) is 9.98 Å². The van der Waals surface area contributed by atoms with Gasteiger partial charge >= 0.3 is 0 Å². The molecule has 3 rings (SSSR count). The minimum atomic E-state index is 0.0784. The quantitative estimate of drug-likeness (QED) is 0.786. The van der Waals surface area contributed by atoms with Crippen molar-refractivity contribution in [3.8, 4) is 11.5 Å². The molecule has 6 heteroatoms. The molecule has 1 aliphatic heterocycles. The van der Waals surface area contributed by atoms with Gasteiger partial charge in [0, 0.05) is 17.3 Å². The number of nitrogens with zero attached hydrogens (tertiary/aromatic N) is 2. The monoisotopic (exact) mass is 312 g/mol. The van der Waals surface area contributed by atoms with E-state index >= 15 is 0 Å². The Bertz CT molecular complexity index is 743. The Morgan fingerprint density at radius 1 is 1.39 bits per heavy atom. The minimum Gasteiger partial charge on any atom is -0.507 e. The lowest BCUT2D eigenvalue weighted by atomic mass is 10.0. The van der Waals surface area contributed by atoms with Gasteiger partial charge in [0.1, 0.15) is 17.3 Å². The van der Waals surface area contributed by atoms with Crippen LogP contribution in [-0.2, 0) is 0 Å². The van der Waals surface area contributed by atoms with Gasteiger partial charge in [0.2, 0.25) is 0 Å². The second-order valence-corrected chi connectivity index (χ2v) is 5.62. The molecule has 1 heterocycles. The Balaban J connectivity index is 2.03. The zero-order valence-electron chi connectivity index (χ0n) is 13.0. The largest absolute Gasteiger partial charge is 0.507 e. The molecule has 2 aliphatic rings. The first-order valence-corrected chi connectivity index (χ1v) is 7.52. The van der Waals surface area contributed by atoms with Crippen molar-refractivity contribution < 1.29 is 9.84 Å². The topological polar surface area (TPSA) is 106 Å². The van der Waals surface area contributed by atoms with E-state index < -0.39 is 0 Å². The van der Waals surface area contributed by atoms with Crippen molar-refractivity contribution in [2.75, 3.05) is 13.7 Å². The fourth-order valence-corrected chi connectivity index (χ4v) is 2.40. The average molecular weight is 312 g/mol. The summed E-state index contributed by atoms with van der Waals surface area (Å²) >= 11 is 0. The number of aromatic hydroxyl groups is 1. The molecule has 0 unspecified atom stereocenters. The summed E-state index contributed by atoms with van der Waals surface area (Å²) in [5.74, 6) is 1.46. The van der Waals surface area contributed by atoms with Crippen molar-refractivity contribution in [3.63, 3.8) is 0 Å². The van der Waals surface area contributed by atoms with Gasteiger partial charge in [-0.25, -0.2) is 4.99 Å². The van der Waals surface area contributed by atoms with Gasteiger partial charge in [0.25, 0.3) is 0 Å². The van der Waals surface area contributed by atoms with Crippen LogP contribution in [0.25, 0.3) is 0 Å². The van der Waals surface area contributed by atoms with E-state index in [1.54, 1.807) is 31.4 Å². The number of methoxy groups -OCH3 is 1. The van der Waals surface area contributed by atoms with Crippen LogP contribution in [0.15, 0.2) is 51.9 Å². The van der Waals surface area contributed by atoms with Gasteiger partial charge in [-0.3, -0.25) is 4.99 Å². The predicted molar refractivity (Wildman–Crippen MR) is 90.8 cm³/mol. The van der Waals surface area contributed by atoms with E-state index in [1.807, 2.05) is 6.08 Å². The number of hydrogen-bond donors (Lipinski definition) is 3. The third kappa shape index (κ3) is 3.36. The highest BCUT2D eigenvalue weighted by atomic mass is 16.5. The molecule has 0 atom stereocenters. The van der Waals surface area contributed by atoms with E-state index in [0.717, 1.165) is 18.5 Å². The number of allylic oxidation sites excluding steroid dienone is 2. The number of hydrogen-bond acceptors (Lipinski definition) is 6. The van der Waals surface area contributed by atoms with Gasteiger partial charge in [0.15, 0.2) is 0 Å². The molecule has 1 aromatic rings. The molecule has 23 heavy (non-hydrogen) atoms. The molecule has 0 bridgehead atoms. The maximum Gasteiger partial charge on any atom is 0.128 e. The number of phenols is 1. The maximum atomic E-state index is 10.3. The van der Waals surface area contributed by atoms with Gasteiger partial charge in [-0.05, 0) is 43.0 Å². The number of benzene rings is 1. The van der Waals surface area contributed by atoms with E-state index in [-0.39, 0.29) is 5.75 Å². The summed E-state index contributed by atoms with van der Waals surface area (Å²) in [6, 6.07) is 5.07. The molecular weight excluding hydrogens is 292 g/mol. The Morgan fingerprint density at radius 3 is 2.83 bits per heavy atom. The van der Waals surface area contributed by atoms with Crippen molar-refractivity contribution in [3.05, 3.63) is 47.4 Å². The van der Waals surface area contributed by atoms with Gasteiger partial charge in [-0.15, -0.1) is 0 Å². The summed E-state index contributed by atoms with van der Waals surface area (Å²) in [6.07, 6.45) is 5.74. The second kappa shape index (κ2) is 6.16. The molecule has 0 amide bonds. The molecule has 1 saturated carbocycles. The highest BCUT2D eigenvalue weighted by Gasteiger charge is 2.25. The lowest BCUT2D eigenvalue weighted by molar-refractivity contribution is 0.407. The summed E-state index contributed by atoms with van der Waals surface area (Å²) in [7, 11) is 1.55. The number of aliphatic imine (C=N–C) groups is 2. The van der Waals surface area contributed by atoms with Crippen LogP contribution in [0.1, 0.15) is 18.4 Å². The molecule has 0 radical (unpaired) electrons. The van der Waals surface area contributed by atoms with Crippen LogP contribution in [0.5, 0.6) is 11.5 Å². The SMILES string of the molecule is COc1ccc(C2=NCC=C(N)N=C2/C=C(\N)C2CC2)c(O)c1. The van der Waals surface area contributed by atoms with E-state index in [1.165, 1.54) is 0 Å². The van der Waals surface area contributed by atoms with Crippen LogP contribution in [0.3, 0.4) is 0 Å². The van der Waals surface area contributed by atoms with Crippen molar-refractivity contribution in [1.82, 2.24) is 0 Å². The minimum absolute atomic E-state index is 0.0784. The summed E-state index contributed by atoms with van der Waals surface area (Å²) < 4.78 is 5.12. The van der Waals surface area contributed by atoms with Crippen LogP contribution in [0.4, 0.5) is 0 Å². The normalized spacial score (nSPS) is 18.7. The van der Waals surface area contributed by atoms with Crippen LogP contribution < -0.4 is 16.2 Å². The Kier molecular flexibility index (Phi) is 4.06. The third-order valence-electron chi connectivity index (χ3n) is 3.85. The summed E-state index contributed by atoms with van der Waals surface area (Å²) in [5, 5.41) is 10.3. The Hall–Kier alpha value is -2.76. The molecule has 0 aromatic heterocycles. The molecule has 6 nitrogen and oxygen atoms in total. The van der Waals surface area contributed by atoms with Crippen LogP contribution >= 0.6 is 0 Å². The zero-order chi connectivity index (χ0) is 16.4. The van der Waals surface area contributed by atoms with E-state index in [4.69, 9.17) is 16.2 Å². The molecule has 1 aromatic carbocycles. The lowest BCUT2D eigenvalue weighted by Gasteiger charge is -2.10. The molecule has 0 saturated heterocycles. The van der Waals surface area contributed by atoms with Crippen molar-refractivity contribution >= 4 is 11.4 Å². The van der Waals surface area contributed by atoms with Crippen molar-refractivity contribution in [1.29, 1.82) is 0 Å². The van der Waals surface area contributed by atoms with Gasteiger partial charge in [-0.1, -0.05) is 0 Å². The summed E-state index contributed by atoms with van der Waals surface area (Å²) in [6.45, 7) is 0.400. The molecule has 1 aliphatic carbocycles. The molecule has 1 fully saturated rings. The van der Waals surface area contributed by atoms with Crippen LogP contribution in [0, 0.1) is 5.92 Å². The fraction of sp³-hybridized carbons (Fsp3) is 0.294. The molecule has 0 spiro atoms. The predicted octanol–water partition coefficient (Wildman–Crippen LogP) is 1.70. The smallest absolute Gasteiger partial charge is 0.128 e. The average Bonchev–Trinajstić information content (AvgIpc) is 3.36. The molecule has 5 N–H and O–H groups in total. The molecular formula is C17H20N4O2. The number of rotatable bonds is 4. The van der Waals surface area contributed by atoms with E-state index in [0.29, 0.717) is 41.0 Å². The highest BCUT2D eigenvalue weighted by Crippen LogP contribution is 2.34. The van der Waals surface area contributed by atoms with E-state index in [9.17, 15) is 5.11 Å². The lowest BCUT2D eigenvalue weighted by Crippen LogP contribution is -2.17. The van der Waals surface area contributed by atoms with Gasteiger partial charge in [-0.2, -0.15) is 0 Å². The second-order valence-electron chi connectivity index (χ2n) is 5.62. The van der Waals surface area contributed by atoms with Gasteiger partial charge < -0.3 is 21.3 Å². The van der Waals surface area contributed by atoms with Crippen LogP contribution in [0.2, 0.25) is 0 Å². The maximum absolute atomic E-state index is 10.3. The Labute approximate surface area is 134 Å². The summed E-state index contributed by atoms with van der Waals surface area (Å²) in [4.78, 5) is 8.90. The number of phenolic OH excluding ortho intramolecular Hbond substituents is 1. The first kappa shape index (κ1) is 15.1. The highest BCUT2D eigenvalue weighted by molar-refractivity contribution is 6.52. The zero-order valence-corrected chi connectivity index (χ0v) is 13.0. The first-order chi connectivity index (χ1) is 11.1. The van der Waals surface area contributed by atoms with Crippen molar-refractivity contribution in [2.24, 2.45) is 27.4 Å². The number of nitrogens with two attached hydrogens (primary N) is 2. The van der Waals surface area contributed by atoms with Gasteiger partial charge in [0.05, 0.1) is 25.1 Å². The fourth-order valence-electron chi connectivity index (χ4n) is 2.40. The van der Waals surface area contributed by atoms with Crippen LogP contribution in [-0.4, -0.2) is 30.2 Å². The first-order valence-electron chi connectivity index (χ1n) is 7.52. The standard InChI is InChI=1S/C17H20N4O2/c1-23-11-4-5-12(15(22)8-11)17-14(9-13(18)10-2-3-10)21-16(19)6-7-20-17/h4-6,8-10,22H,2-3,7,18-19H2,1H3/b13-9-. The summed E-state index contributed by atoms with van der Waals surface area (Å²) in [5.41, 5.74) is 14.5. The Morgan fingerprint density at radius 2 is 2.17 bits per heavy atom. The number of ether oxygens (including phenoxy) is 1. The third-order valence-corrected chi connectivity index (χ3v) is 3.85. The molecule has 120 valence electrons.